The van der Waals surface area contributed by atoms with E-state index in [1.54, 1.807) is 12.1 Å². The molecule has 0 radical (unpaired) electrons. The third-order valence-electron chi connectivity index (χ3n) is 6.09. The van der Waals surface area contributed by atoms with Gasteiger partial charge in [0.15, 0.2) is 6.61 Å². The average molecular weight is 463 g/mol. The van der Waals surface area contributed by atoms with Crippen LogP contribution in [0.2, 0.25) is 0 Å². The zero-order valence-electron chi connectivity index (χ0n) is 18.6. The molecule has 2 aliphatic rings. The topological polar surface area (TPSA) is 87.1 Å². The van der Waals surface area contributed by atoms with Crippen LogP contribution in [0.15, 0.2) is 35.2 Å². The lowest BCUT2D eigenvalue weighted by atomic mass is 10.1. The molecule has 174 valence electrons. The number of aromatic nitrogens is 1. The minimum atomic E-state index is -3.55. The highest BCUT2D eigenvalue weighted by Crippen LogP contribution is 2.23. The fourth-order valence-corrected chi connectivity index (χ4v) is 5.63. The van der Waals surface area contributed by atoms with Crippen molar-refractivity contribution in [1.82, 2.24) is 8.87 Å². The molecular formula is C23H30N2O6S. The molecule has 0 saturated carbocycles. The number of ketones is 1. The Balaban J connectivity index is 1.38. The molecule has 2 saturated heterocycles. The van der Waals surface area contributed by atoms with Gasteiger partial charge in [-0.3, -0.25) is 4.79 Å². The molecule has 1 aromatic heterocycles. The van der Waals surface area contributed by atoms with E-state index in [-0.39, 0.29) is 23.4 Å². The van der Waals surface area contributed by atoms with E-state index in [1.165, 1.54) is 16.4 Å². The Morgan fingerprint density at radius 1 is 1.12 bits per heavy atom. The van der Waals surface area contributed by atoms with Crippen LogP contribution in [0.5, 0.6) is 5.75 Å². The highest BCUT2D eigenvalue weighted by Gasteiger charge is 2.26. The lowest BCUT2D eigenvalue weighted by Gasteiger charge is -2.26. The number of hydrogen-bond acceptors (Lipinski definition) is 6. The van der Waals surface area contributed by atoms with Crippen molar-refractivity contribution in [3.63, 3.8) is 0 Å². The van der Waals surface area contributed by atoms with Crippen LogP contribution < -0.4 is 4.74 Å². The van der Waals surface area contributed by atoms with E-state index < -0.39 is 10.0 Å². The maximum absolute atomic E-state index is 12.8. The van der Waals surface area contributed by atoms with E-state index >= 15 is 0 Å². The Morgan fingerprint density at radius 2 is 1.84 bits per heavy atom. The van der Waals surface area contributed by atoms with Gasteiger partial charge < -0.3 is 18.8 Å². The second-order valence-corrected chi connectivity index (χ2v) is 10.2. The molecule has 0 spiro atoms. The van der Waals surface area contributed by atoms with Crippen LogP contribution in [0.4, 0.5) is 0 Å². The third-order valence-corrected chi connectivity index (χ3v) is 8.00. The maximum atomic E-state index is 12.8. The van der Waals surface area contributed by atoms with E-state index in [0.717, 1.165) is 37.4 Å². The van der Waals surface area contributed by atoms with Crippen LogP contribution >= 0.6 is 0 Å². The zero-order chi connectivity index (χ0) is 22.7. The van der Waals surface area contributed by atoms with Gasteiger partial charge in [0.2, 0.25) is 15.8 Å². The summed E-state index contributed by atoms with van der Waals surface area (Å²) in [6.07, 6.45) is 2.32. The lowest BCUT2D eigenvalue weighted by Crippen LogP contribution is -2.40. The first-order valence-corrected chi connectivity index (χ1v) is 12.4. The van der Waals surface area contributed by atoms with Crippen LogP contribution in [0, 0.1) is 13.8 Å². The molecule has 0 N–H and O–H groups in total. The number of Topliss-reactive ketones (excluding diaryl/α,β-unsaturated/α-hetero) is 1. The lowest BCUT2D eigenvalue weighted by molar-refractivity contribution is 0.0730. The largest absolute Gasteiger partial charge is 0.485 e. The predicted molar refractivity (Wildman–Crippen MR) is 119 cm³/mol. The summed E-state index contributed by atoms with van der Waals surface area (Å²) >= 11 is 0. The molecule has 1 aromatic carbocycles. The van der Waals surface area contributed by atoms with Gasteiger partial charge in [-0.1, -0.05) is 0 Å². The molecule has 8 nitrogen and oxygen atoms in total. The van der Waals surface area contributed by atoms with Crippen LogP contribution in [0.3, 0.4) is 0 Å². The zero-order valence-corrected chi connectivity index (χ0v) is 19.4. The normalized spacial score (nSPS) is 19.9. The molecule has 2 fully saturated rings. The Labute approximate surface area is 189 Å². The number of benzene rings is 1. The minimum absolute atomic E-state index is 0.110. The van der Waals surface area contributed by atoms with Crippen molar-refractivity contribution < 1.29 is 27.4 Å². The molecule has 3 heterocycles. The van der Waals surface area contributed by atoms with Crippen molar-refractivity contribution in [2.75, 3.05) is 39.5 Å². The Morgan fingerprint density at radius 3 is 2.50 bits per heavy atom. The Bertz CT molecular complexity index is 1050. The second kappa shape index (κ2) is 9.74. The van der Waals surface area contributed by atoms with Crippen molar-refractivity contribution in [3.8, 4) is 5.75 Å². The van der Waals surface area contributed by atoms with Crippen LogP contribution in [-0.4, -0.2) is 68.7 Å². The highest BCUT2D eigenvalue weighted by molar-refractivity contribution is 7.89. The van der Waals surface area contributed by atoms with E-state index in [0.29, 0.717) is 37.6 Å². The maximum Gasteiger partial charge on any atom is 0.243 e. The van der Waals surface area contributed by atoms with Crippen molar-refractivity contribution in [1.29, 1.82) is 0 Å². The number of carbonyl (C=O) groups excluding carboxylic acids is 1. The smallest absolute Gasteiger partial charge is 0.243 e. The molecule has 2 aromatic rings. The summed E-state index contributed by atoms with van der Waals surface area (Å²) in [6.45, 7) is 6.88. The summed E-state index contributed by atoms with van der Waals surface area (Å²) in [5.41, 5.74) is 2.59. The molecule has 4 rings (SSSR count). The van der Waals surface area contributed by atoms with Crippen molar-refractivity contribution in [2.24, 2.45) is 0 Å². The number of hydrogen-bond donors (Lipinski definition) is 0. The minimum Gasteiger partial charge on any atom is -0.485 e. The van der Waals surface area contributed by atoms with Crippen molar-refractivity contribution in [3.05, 3.63) is 47.3 Å². The first-order valence-electron chi connectivity index (χ1n) is 11.0. The molecule has 0 bridgehead atoms. The molecule has 32 heavy (non-hydrogen) atoms. The van der Waals surface area contributed by atoms with Gasteiger partial charge in [0.05, 0.1) is 24.2 Å². The van der Waals surface area contributed by atoms with Gasteiger partial charge in [-0.15, -0.1) is 0 Å². The van der Waals surface area contributed by atoms with Gasteiger partial charge in [0.1, 0.15) is 5.75 Å². The SMILES string of the molecule is Cc1cc(C(=O)COc2ccc(S(=O)(=O)N3CCOCC3)cc2)c(C)n1C[C@@H]1CCCO1. The number of carbonyl (C=O) groups is 1. The monoisotopic (exact) mass is 462 g/mol. The first-order chi connectivity index (χ1) is 15.4. The molecule has 2 aliphatic heterocycles. The summed E-state index contributed by atoms with van der Waals surface area (Å²) in [5, 5.41) is 0. The van der Waals surface area contributed by atoms with E-state index in [9.17, 15) is 13.2 Å². The summed E-state index contributed by atoms with van der Waals surface area (Å²) in [7, 11) is -3.55. The summed E-state index contributed by atoms with van der Waals surface area (Å²) in [6, 6.07) is 8.09. The third kappa shape index (κ3) is 4.91. The number of sulfonamides is 1. The van der Waals surface area contributed by atoms with Gasteiger partial charge in [0.25, 0.3) is 0 Å². The Hall–Kier alpha value is -2.20. The van der Waals surface area contributed by atoms with Crippen molar-refractivity contribution in [2.45, 2.75) is 44.2 Å². The van der Waals surface area contributed by atoms with E-state index in [2.05, 4.69) is 4.57 Å². The molecule has 1 atom stereocenters. The van der Waals surface area contributed by atoms with Gasteiger partial charge >= 0.3 is 0 Å². The number of morpholine rings is 1. The van der Waals surface area contributed by atoms with Crippen molar-refractivity contribution >= 4 is 15.8 Å². The number of nitrogens with zero attached hydrogens (tertiary/aromatic N) is 2. The standard InChI is InChI=1S/C23H30N2O6S/c1-17-14-22(18(2)25(17)15-20-4-3-11-30-20)23(26)16-31-19-5-7-21(8-6-19)32(27,28)24-9-12-29-13-10-24/h5-8,14,20H,3-4,9-13,15-16H2,1-2H3/t20-/m0/s1. The fraction of sp³-hybridized carbons (Fsp3) is 0.522. The van der Waals surface area contributed by atoms with Gasteiger partial charge in [-0.25, -0.2) is 8.42 Å². The summed E-state index contributed by atoms with van der Waals surface area (Å²) in [4.78, 5) is 13.0. The van der Waals surface area contributed by atoms with Crippen LogP contribution in [0.1, 0.15) is 34.6 Å². The van der Waals surface area contributed by atoms with Gasteiger partial charge in [0, 0.05) is 43.2 Å². The van der Waals surface area contributed by atoms with E-state index in [4.69, 9.17) is 14.2 Å². The number of aryl methyl sites for hydroxylation is 1. The highest BCUT2D eigenvalue weighted by atomic mass is 32.2. The summed E-state index contributed by atoms with van der Waals surface area (Å²) in [5.74, 6) is 0.342. The molecule has 0 unspecified atom stereocenters. The predicted octanol–water partition coefficient (Wildman–Crippen LogP) is 2.57. The number of ether oxygens (including phenoxy) is 3. The van der Waals surface area contributed by atoms with Gasteiger partial charge in [-0.2, -0.15) is 4.31 Å². The first kappa shape index (κ1) is 23.0. The second-order valence-electron chi connectivity index (χ2n) is 8.23. The van der Waals surface area contributed by atoms with E-state index in [1.807, 2.05) is 19.9 Å². The summed E-state index contributed by atoms with van der Waals surface area (Å²) < 4.78 is 45.6. The molecular weight excluding hydrogens is 432 g/mol. The molecule has 9 heteroatoms. The molecule has 0 aliphatic carbocycles. The Kier molecular flexibility index (Phi) is 6.99. The van der Waals surface area contributed by atoms with Crippen LogP contribution in [-0.2, 0) is 26.0 Å². The number of rotatable bonds is 8. The average Bonchev–Trinajstić information content (AvgIpc) is 3.42. The van der Waals surface area contributed by atoms with Crippen LogP contribution in [0.25, 0.3) is 0 Å². The molecule has 0 amide bonds. The fourth-order valence-electron chi connectivity index (χ4n) is 4.23. The quantitative estimate of drug-likeness (QED) is 0.561. The van der Waals surface area contributed by atoms with Gasteiger partial charge in [-0.05, 0) is 57.0 Å².